The Kier molecular flexibility index (Phi) is 5.01. The van der Waals surface area contributed by atoms with E-state index in [1.54, 1.807) is 0 Å². The van der Waals surface area contributed by atoms with E-state index in [0.29, 0.717) is 17.1 Å². The molecule has 2 nitrogen and oxygen atoms in total. The zero-order valence-corrected chi connectivity index (χ0v) is 8.81. The molecule has 1 aromatic rings. The molecule has 1 rings (SSSR count). The van der Waals surface area contributed by atoms with Gasteiger partial charge in [-0.3, -0.25) is 0 Å². The Bertz CT molecular complexity index is 320. The van der Waals surface area contributed by atoms with Gasteiger partial charge in [0, 0.05) is 17.6 Å². The van der Waals surface area contributed by atoms with Gasteiger partial charge in [-0.25, -0.2) is 8.78 Å². The molecule has 0 aromatic heterocycles. The van der Waals surface area contributed by atoms with Crippen LogP contribution in [0.2, 0.25) is 0 Å². The first-order chi connectivity index (χ1) is 7.13. The van der Waals surface area contributed by atoms with E-state index in [4.69, 9.17) is 10.2 Å². The first-order valence-electron chi connectivity index (χ1n) is 4.44. The predicted molar refractivity (Wildman–Crippen MR) is 55.6 cm³/mol. The van der Waals surface area contributed by atoms with Crippen molar-refractivity contribution in [1.29, 1.82) is 0 Å². The highest BCUT2D eigenvalue weighted by Crippen LogP contribution is 2.17. The monoisotopic (exact) mass is 234 g/mol. The first kappa shape index (κ1) is 12.4. The summed E-state index contributed by atoms with van der Waals surface area (Å²) in [6.07, 6.45) is -0.793. The summed E-state index contributed by atoms with van der Waals surface area (Å²) in [5, 5.41) is 17.6. The third kappa shape index (κ3) is 4.15. The molecule has 0 amide bonds. The number of benzene rings is 1. The molecule has 0 radical (unpaired) electrons. The van der Waals surface area contributed by atoms with E-state index in [0.717, 1.165) is 6.07 Å². The van der Waals surface area contributed by atoms with Gasteiger partial charge in [0.2, 0.25) is 0 Å². The number of aliphatic hydroxyl groups excluding tert-OH is 2. The third-order valence-corrected chi connectivity index (χ3v) is 2.93. The van der Waals surface area contributed by atoms with Gasteiger partial charge in [-0.15, -0.1) is 0 Å². The predicted octanol–water partition coefficient (Wildman–Crippen LogP) is 1.55. The number of halogens is 2. The average Bonchev–Trinajstić information content (AvgIpc) is 2.21. The summed E-state index contributed by atoms with van der Waals surface area (Å²) < 4.78 is 25.6. The van der Waals surface area contributed by atoms with Crippen LogP contribution in [0.5, 0.6) is 0 Å². The van der Waals surface area contributed by atoms with Crippen molar-refractivity contribution in [3.05, 3.63) is 35.4 Å². The fraction of sp³-hybridized carbons (Fsp3) is 0.400. The number of rotatable bonds is 5. The molecule has 1 unspecified atom stereocenters. The van der Waals surface area contributed by atoms with Gasteiger partial charge in [0.15, 0.2) is 0 Å². The van der Waals surface area contributed by atoms with Gasteiger partial charge in [-0.05, 0) is 11.6 Å². The summed E-state index contributed by atoms with van der Waals surface area (Å²) in [6.45, 7) is -0.307. The number of hydrogen-bond donors (Lipinski definition) is 2. The maximum absolute atomic E-state index is 13.1. The summed E-state index contributed by atoms with van der Waals surface area (Å²) in [5.74, 6) is -0.506. The fourth-order valence-corrected chi connectivity index (χ4v) is 1.95. The number of hydrogen-bond acceptors (Lipinski definition) is 3. The lowest BCUT2D eigenvalue weighted by Gasteiger charge is -2.07. The lowest BCUT2D eigenvalue weighted by molar-refractivity contribution is 0.113. The van der Waals surface area contributed by atoms with Crippen molar-refractivity contribution in [1.82, 2.24) is 0 Å². The van der Waals surface area contributed by atoms with Crippen LogP contribution in [0.3, 0.4) is 0 Å². The van der Waals surface area contributed by atoms with Crippen molar-refractivity contribution in [2.24, 2.45) is 0 Å². The van der Waals surface area contributed by atoms with E-state index in [9.17, 15) is 8.78 Å². The Morgan fingerprint density at radius 1 is 1.33 bits per heavy atom. The van der Waals surface area contributed by atoms with Crippen molar-refractivity contribution in [2.75, 3.05) is 12.4 Å². The van der Waals surface area contributed by atoms with Crippen LogP contribution in [-0.4, -0.2) is 28.7 Å². The van der Waals surface area contributed by atoms with Gasteiger partial charge >= 0.3 is 0 Å². The van der Waals surface area contributed by atoms with E-state index in [-0.39, 0.29) is 6.61 Å². The Labute approximate surface area is 90.9 Å². The second kappa shape index (κ2) is 6.05. The maximum atomic E-state index is 13.1. The van der Waals surface area contributed by atoms with E-state index in [1.807, 2.05) is 0 Å². The molecule has 84 valence electrons. The van der Waals surface area contributed by atoms with Crippen LogP contribution in [0, 0.1) is 11.6 Å². The molecule has 0 spiro atoms. The first-order valence-corrected chi connectivity index (χ1v) is 5.59. The molecule has 2 N–H and O–H groups in total. The standard InChI is InChI=1S/C10H12F2O2S/c11-8-2-1-7(10(12)3-8)5-15-6-9(14)4-13/h1-3,9,13-14H,4-6H2. The molecule has 0 saturated heterocycles. The highest BCUT2D eigenvalue weighted by atomic mass is 32.2. The minimum atomic E-state index is -0.793. The van der Waals surface area contributed by atoms with Crippen LogP contribution in [0.15, 0.2) is 18.2 Å². The summed E-state index contributed by atoms with van der Waals surface area (Å²) in [7, 11) is 0. The SMILES string of the molecule is OCC(O)CSCc1ccc(F)cc1F. The van der Waals surface area contributed by atoms with Crippen molar-refractivity contribution >= 4 is 11.8 Å². The van der Waals surface area contributed by atoms with Crippen LogP contribution in [0.25, 0.3) is 0 Å². The molecule has 0 bridgehead atoms. The van der Waals surface area contributed by atoms with Gasteiger partial charge < -0.3 is 10.2 Å². The summed E-state index contributed by atoms with van der Waals surface area (Å²) >= 11 is 1.29. The minimum absolute atomic E-state index is 0.307. The van der Waals surface area contributed by atoms with Gasteiger partial charge in [0.1, 0.15) is 11.6 Å². The lowest BCUT2D eigenvalue weighted by Crippen LogP contribution is -2.14. The highest BCUT2D eigenvalue weighted by Gasteiger charge is 2.06. The molecule has 0 aliphatic carbocycles. The van der Waals surface area contributed by atoms with Gasteiger partial charge in [0.05, 0.1) is 12.7 Å². The van der Waals surface area contributed by atoms with E-state index >= 15 is 0 Å². The van der Waals surface area contributed by atoms with Crippen LogP contribution >= 0.6 is 11.8 Å². The topological polar surface area (TPSA) is 40.5 Å². The van der Waals surface area contributed by atoms with Gasteiger partial charge in [-0.1, -0.05) is 6.07 Å². The maximum Gasteiger partial charge on any atom is 0.130 e. The van der Waals surface area contributed by atoms with Crippen LogP contribution in [0.4, 0.5) is 8.78 Å². The van der Waals surface area contributed by atoms with Crippen molar-refractivity contribution < 1.29 is 19.0 Å². The molecule has 0 fully saturated rings. The third-order valence-electron chi connectivity index (χ3n) is 1.79. The molecule has 15 heavy (non-hydrogen) atoms. The molecule has 0 saturated carbocycles. The lowest BCUT2D eigenvalue weighted by atomic mass is 10.2. The number of aliphatic hydroxyl groups is 2. The molecular weight excluding hydrogens is 222 g/mol. The second-order valence-electron chi connectivity index (χ2n) is 3.09. The zero-order valence-electron chi connectivity index (χ0n) is 7.99. The van der Waals surface area contributed by atoms with Crippen molar-refractivity contribution in [2.45, 2.75) is 11.9 Å². The van der Waals surface area contributed by atoms with E-state index in [2.05, 4.69) is 0 Å². The molecular formula is C10H12F2O2S. The minimum Gasteiger partial charge on any atom is -0.394 e. The quantitative estimate of drug-likeness (QED) is 0.812. The largest absolute Gasteiger partial charge is 0.394 e. The summed E-state index contributed by atoms with van der Waals surface area (Å²) in [4.78, 5) is 0. The molecule has 0 aliphatic rings. The molecule has 0 heterocycles. The van der Waals surface area contributed by atoms with Gasteiger partial charge in [0.25, 0.3) is 0 Å². The Balaban J connectivity index is 2.44. The Hall–Kier alpha value is -0.650. The van der Waals surface area contributed by atoms with Crippen LogP contribution in [0.1, 0.15) is 5.56 Å². The van der Waals surface area contributed by atoms with E-state index in [1.165, 1.54) is 23.9 Å². The Morgan fingerprint density at radius 3 is 2.67 bits per heavy atom. The molecule has 1 aromatic carbocycles. The van der Waals surface area contributed by atoms with Crippen LogP contribution in [-0.2, 0) is 5.75 Å². The van der Waals surface area contributed by atoms with Crippen molar-refractivity contribution in [3.8, 4) is 0 Å². The van der Waals surface area contributed by atoms with Gasteiger partial charge in [-0.2, -0.15) is 11.8 Å². The molecule has 0 aliphatic heterocycles. The normalized spacial score (nSPS) is 12.8. The Morgan fingerprint density at radius 2 is 2.07 bits per heavy atom. The summed E-state index contributed by atoms with van der Waals surface area (Å²) in [5.41, 5.74) is 0.395. The fourth-order valence-electron chi connectivity index (χ4n) is 0.996. The molecule has 5 heteroatoms. The van der Waals surface area contributed by atoms with E-state index < -0.39 is 17.7 Å². The van der Waals surface area contributed by atoms with Crippen LogP contribution < -0.4 is 0 Å². The molecule has 1 atom stereocenters. The second-order valence-corrected chi connectivity index (χ2v) is 4.12. The zero-order chi connectivity index (χ0) is 11.3. The summed E-state index contributed by atoms with van der Waals surface area (Å²) in [6, 6.07) is 3.41. The average molecular weight is 234 g/mol. The number of thioether (sulfide) groups is 1. The van der Waals surface area contributed by atoms with Crippen molar-refractivity contribution in [3.63, 3.8) is 0 Å². The smallest absolute Gasteiger partial charge is 0.130 e. The highest BCUT2D eigenvalue weighted by molar-refractivity contribution is 7.98.